The van der Waals surface area contributed by atoms with E-state index in [1.165, 1.54) is 66.7 Å². The molecule has 526 valence electrons. The molecule has 4 rings (SSSR count). The Morgan fingerprint density at radius 1 is 0.594 bits per heavy atom. The Hall–Kier alpha value is -8.92. The normalized spacial score (nSPS) is 16.6. The maximum Gasteiger partial charge on any atom is 0.326 e. The van der Waals surface area contributed by atoms with Crippen molar-refractivity contribution in [2.45, 2.75) is 158 Å². The fraction of sp³-hybridized carbons (Fsp3) is 0.500. The summed E-state index contributed by atoms with van der Waals surface area (Å²) in [6.45, 7) is 5.47. The highest BCUT2D eigenvalue weighted by molar-refractivity contribution is 7.80. The van der Waals surface area contributed by atoms with Crippen LogP contribution in [-0.2, 0) is 81.6 Å². The number of hydrogen-bond acceptors (Lipinski definition) is 20. The lowest BCUT2D eigenvalue weighted by atomic mass is 9.96. The Morgan fingerprint density at radius 2 is 1.09 bits per heavy atom. The second-order valence-corrected chi connectivity index (χ2v) is 24.7. The number of carboxylic acids is 2. The van der Waals surface area contributed by atoms with Gasteiger partial charge in [0.25, 0.3) is 0 Å². The van der Waals surface area contributed by atoms with Crippen LogP contribution < -0.4 is 59.3 Å². The van der Waals surface area contributed by atoms with Crippen molar-refractivity contribution in [2.75, 3.05) is 24.6 Å². The van der Waals surface area contributed by atoms with E-state index in [2.05, 4.69) is 73.1 Å². The number of primary amides is 1. The number of nitrogens with one attached hydrogen (secondary N) is 9. The molecule has 0 aromatic heterocycles. The standard InChI is InChI=1S/C62H85ClN12O19S2/c1-5-31(4)52(60(91)69-41(62(93)94)15-18-49(65)80)74-57(88)44(23-33-8-13-36(77)14-9-33)70-58(89)45(28-95)72-56(87)42(20-30(2)3)67-50(81)26-66-54(85)43(24-34-10-17-48(79)38(63)21-34)71-59(90)47-25-37(78)27-75(47)61(92)46(29-96)73-55(86)40(16-19-51(82)83)68-53(84)39(64)22-32-6-11-35(76)12-7-32/h6-14,17,21,30-31,37,39-47,52,76-79,95-96H,5,15-16,18-20,22-29,64H2,1-4H3,(H2,65,80)(H,66,85)(H,67,81)(H,68,84)(H,69,91)(H,70,89)(H,71,90)(H,72,87)(H,73,86)(H,74,88)(H,82,83)(H,93,94)/t31-,37+,39-,40+,41-,42-,43-,44-,45-,46-,47-,52-/m0/s1. The molecule has 0 spiro atoms. The zero-order valence-corrected chi connectivity index (χ0v) is 55.7. The Balaban J connectivity index is 1.51. The average molecular weight is 1400 g/mol. The van der Waals surface area contributed by atoms with Crippen LogP contribution >= 0.6 is 36.9 Å². The van der Waals surface area contributed by atoms with Crippen LogP contribution in [-0.4, -0.2) is 204 Å². The minimum Gasteiger partial charge on any atom is -0.508 e. The summed E-state index contributed by atoms with van der Waals surface area (Å²) in [6, 6.07) is 0.515. The molecule has 1 saturated heterocycles. The number of aliphatic carboxylic acids is 2. The minimum atomic E-state index is -1.59. The van der Waals surface area contributed by atoms with Gasteiger partial charge in [0.15, 0.2) is 0 Å². The number of carbonyl (C=O) groups excluding carboxylic acids is 11. The maximum absolute atomic E-state index is 14.3. The summed E-state index contributed by atoms with van der Waals surface area (Å²) < 4.78 is 0. The number of amides is 11. The molecular formula is C62H85ClN12O19S2. The van der Waals surface area contributed by atoms with E-state index < -0.39 is 181 Å². The highest BCUT2D eigenvalue weighted by atomic mass is 35.5. The molecule has 3 aromatic carbocycles. The molecule has 1 aliphatic heterocycles. The summed E-state index contributed by atoms with van der Waals surface area (Å²) in [7, 11) is 0. The molecule has 11 amide bonds. The third-order valence-corrected chi connectivity index (χ3v) is 16.5. The van der Waals surface area contributed by atoms with Crippen molar-refractivity contribution < 1.29 is 93.0 Å². The second kappa shape index (κ2) is 38.6. The predicted molar refractivity (Wildman–Crippen MR) is 353 cm³/mol. The lowest BCUT2D eigenvalue weighted by Crippen LogP contribution is -2.61. The molecule has 19 N–H and O–H groups in total. The molecule has 96 heavy (non-hydrogen) atoms. The van der Waals surface area contributed by atoms with Gasteiger partial charge >= 0.3 is 11.9 Å². The van der Waals surface area contributed by atoms with Crippen molar-refractivity contribution in [1.82, 2.24) is 52.8 Å². The van der Waals surface area contributed by atoms with E-state index in [9.17, 15) is 93.0 Å². The molecule has 31 nitrogen and oxygen atoms in total. The van der Waals surface area contributed by atoms with Crippen LogP contribution in [0.3, 0.4) is 0 Å². The van der Waals surface area contributed by atoms with Crippen molar-refractivity contribution in [1.29, 1.82) is 0 Å². The van der Waals surface area contributed by atoms with Crippen LogP contribution in [0.1, 0.15) is 89.3 Å². The van der Waals surface area contributed by atoms with Gasteiger partial charge in [-0.1, -0.05) is 76.0 Å². The summed E-state index contributed by atoms with van der Waals surface area (Å²) >= 11 is 14.7. The summed E-state index contributed by atoms with van der Waals surface area (Å²) in [6.07, 6.45) is -3.85. The van der Waals surface area contributed by atoms with Crippen LogP contribution in [0.15, 0.2) is 66.7 Å². The molecule has 12 atom stereocenters. The average Bonchev–Trinajstić information content (AvgIpc) is 1.59. The van der Waals surface area contributed by atoms with Gasteiger partial charge in [0.05, 0.1) is 23.7 Å². The number of phenols is 3. The van der Waals surface area contributed by atoms with E-state index in [1.807, 2.05) is 0 Å². The molecular weight excluding hydrogens is 1320 g/mol. The van der Waals surface area contributed by atoms with Gasteiger partial charge in [0, 0.05) is 50.2 Å². The second-order valence-electron chi connectivity index (χ2n) is 23.6. The first kappa shape index (κ1) is 79.5. The number of benzene rings is 3. The Morgan fingerprint density at radius 3 is 1.65 bits per heavy atom. The number of nitrogens with zero attached hydrogens (tertiary/aromatic N) is 1. The number of rotatable bonds is 38. The number of carbonyl (C=O) groups is 13. The third kappa shape index (κ3) is 25.7. The van der Waals surface area contributed by atoms with Crippen LogP contribution in [0, 0.1) is 11.8 Å². The molecule has 1 fully saturated rings. The zero-order chi connectivity index (χ0) is 71.7. The molecule has 0 radical (unpaired) electrons. The number of β-amino-alcohol motifs (C(OH)–C–C–N with tert-alkyl or cyclic N) is 1. The van der Waals surface area contributed by atoms with E-state index in [0.29, 0.717) is 17.5 Å². The van der Waals surface area contributed by atoms with Gasteiger partial charge < -0.3 is 94.9 Å². The number of thiol groups is 2. The van der Waals surface area contributed by atoms with Crippen LogP contribution in [0.4, 0.5) is 0 Å². The van der Waals surface area contributed by atoms with Gasteiger partial charge in [-0.25, -0.2) is 4.79 Å². The van der Waals surface area contributed by atoms with Gasteiger partial charge in [-0.15, -0.1) is 0 Å². The SMILES string of the molecule is CC[C@H](C)[C@H](NC(=O)[C@H](Cc1ccc(O)cc1)NC(=O)[C@H](CS)NC(=O)[C@H](CC(C)C)NC(=O)CNC(=O)[C@H](Cc1ccc(O)c(Cl)c1)NC(=O)[C@@H]1C[C@@H](O)CN1C(=O)[C@H](CS)NC(=O)[C@@H](CCC(=O)O)NC(=O)[C@@H](N)Cc1ccc(O)cc1)C(=O)N[C@@H](CCC(N)=O)C(=O)O. The van der Waals surface area contributed by atoms with E-state index >= 15 is 0 Å². The molecule has 0 unspecified atom stereocenters. The van der Waals surface area contributed by atoms with Gasteiger partial charge in [-0.05, 0) is 90.6 Å². The lowest BCUT2D eigenvalue weighted by Gasteiger charge is -2.30. The number of aliphatic hydroxyl groups excluding tert-OH is 1. The van der Waals surface area contributed by atoms with Crippen LogP contribution in [0.2, 0.25) is 5.02 Å². The molecule has 3 aromatic rings. The largest absolute Gasteiger partial charge is 0.508 e. The number of nitrogens with two attached hydrogens (primary N) is 2. The van der Waals surface area contributed by atoms with Gasteiger partial charge in [-0.2, -0.15) is 25.3 Å². The summed E-state index contributed by atoms with van der Waals surface area (Å²) in [5.41, 5.74) is 12.6. The molecule has 0 bridgehead atoms. The number of likely N-dealkylation sites (tertiary alicyclic amines) is 1. The van der Waals surface area contributed by atoms with E-state index in [-0.39, 0.29) is 84.5 Å². The fourth-order valence-corrected chi connectivity index (χ4v) is 10.7. The Labute approximate surface area is 568 Å². The van der Waals surface area contributed by atoms with E-state index in [0.717, 1.165) is 4.90 Å². The topological polar surface area (TPSA) is 507 Å². The lowest BCUT2D eigenvalue weighted by molar-refractivity contribution is -0.143. The van der Waals surface area contributed by atoms with Crippen molar-refractivity contribution in [3.63, 3.8) is 0 Å². The van der Waals surface area contributed by atoms with E-state index in [4.69, 9.17) is 23.1 Å². The zero-order valence-electron chi connectivity index (χ0n) is 53.1. The first-order chi connectivity index (χ1) is 45.2. The highest BCUT2D eigenvalue weighted by Gasteiger charge is 2.43. The first-order valence-corrected chi connectivity index (χ1v) is 32.3. The summed E-state index contributed by atoms with van der Waals surface area (Å²) in [5.74, 6) is -15.2. The molecule has 1 heterocycles. The van der Waals surface area contributed by atoms with Gasteiger partial charge in [-0.3, -0.25) is 57.5 Å². The number of carboxylic acid groups (broad SMARTS) is 2. The van der Waals surface area contributed by atoms with Crippen molar-refractivity contribution >= 4 is 114 Å². The van der Waals surface area contributed by atoms with Crippen molar-refractivity contribution in [3.8, 4) is 17.2 Å². The summed E-state index contributed by atoms with van der Waals surface area (Å²) in [5, 5.41) is 82.0. The number of hydrogen-bond donors (Lipinski definition) is 19. The first-order valence-electron chi connectivity index (χ1n) is 30.7. The third-order valence-electron chi connectivity index (χ3n) is 15.4. The number of halogens is 1. The Bertz CT molecular complexity index is 3260. The van der Waals surface area contributed by atoms with Gasteiger partial charge in [0.1, 0.15) is 71.6 Å². The maximum atomic E-state index is 14.3. The van der Waals surface area contributed by atoms with Crippen LogP contribution in [0.25, 0.3) is 0 Å². The van der Waals surface area contributed by atoms with Crippen LogP contribution in [0.5, 0.6) is 17.2 Å². The number of aromatic hydroxyl groups is 3. The molecule has 34 heteroatoms. The predicted octanol–water partition coefficient (Wildman–Crippen LogP) is -2.06. The number of aliphatic hydroxyl groups is 1. The quantitative estimate of drug-likeness (QED) is 0.0274. The number of phenolic OH excluding ortho intramolecular Hbond substituents is 3. The molecule has 0 aliphatic carbocycles. The monoisotopic (exact) mass is 1400 g/mol. The summed E-state index contributed by atoms with van der Waals surface area (Å²) in [4.78, 5) is 176. The minimum absolute atomic E-state index is 0.0348. The van der Waals surface area contributed by atoms with Crippen molar-refractivity contribution in [3.05, 3.63) is 88.4 Å². The van der Waals surface area contributed by atoms with Gasteiger partial charge in [0.2, 0.25) is 65.0 Å². The van der Waals surface area contributed by atoms with Crippen molar-refractivity contribution in [2.24, 2.45) is 23.3 Å². The fourth-order valence-electron chi connectivity index (χ4n) is 9.96. The molecule has 1 aliphatic rings. The molecule has 0 saturated carbocycles. The Kier molecular flexibility index (Phi) is 32.0. The smallest absolute Gasteiger partial charge is 0.326 e. The highest BCUT2D eigenvalue weighted by Crippen LogP contribution is 2.26. The van der Waals surface area contributed by atoms with E-state index in [1.54, 1.807) is 27.7 Å².